The molecule has 0 spiro atoms. The maximum absolute atomic E-state index is 13.5. The first-order valence-electron chi connectivity index (χ1n) is 11.9. The minimum absolute atomic E-state index is 0. The number of nitriles is 1. The Labute approximate surface area is 229 Å². The van der Waals surface area contributed by atoms with Crippen molar-refractivity contribution < 1.29 is 18.0 Å². The van der Waals surface area contributed by atoms with Crippen molar-refractivity contribution in [3.8, 4) is 17.9 Å². The molecule has 1 atom stereocenters. The van der Waals surface area contributed by atoms with Gasteiger partial charge in [0.05, 0.1) is 47.6 Å². The molecule has 0 bridgehead atoms. The van der Waals surface area contributed by atoms with Gasteiger partial charge in [-0.3, -0.25) is 14.2 Å². The molecule has 1 aliphatic rings. The first-order valence-corrected chi connectivity index (χ1v) is 11.9. The number of alkyl halides is 3. The zero-order chi connectivity index (χ0) is 27.4. The molecular formula is C28H25ClF3N5O2. The van der Waals surface area contributed by atoms with E-state index in [4.69, 9.17) is 5.26 Å². The molecule has 4 rings (SSSR count). The number of nitrogens with one attached hydrogen (secondary N) is 1. The Morgan fingerprint density at radius 1 is 1.15 bits per heavy atom. The van der Waals surface area contributed by atoms with Gasteiger partial charge in [0.15, 0.2) is 0 Å². The number of halogens is 4. The number of fused-ring (bicyclic) bond motifs is 1. The second kappa shape index (κ2) is 12.1. The van der Waals surface area contributed by atoms with Gasteiger partial charge < -0.3 is 10.2 Å². The van der Waals surface area contributed by atoms with Crippen LogP contribution in [0.3, 0.4) is 0 Å². The largest absolute Gasteiger partial charge is 0.416 e. The lowest BCUT2D eigenvalue weighted by Crippen LogP contribution is -2.41. The van der Waals surface area contributed by atoms with E-state index >= 15 is 0 Å². The molecular weight excluding hydrogens is 531 g/mol. The number of hydrogen-bond acceptors (Lipinski definition) is 5. The highest BCUT2D eigenvalue weighted by Gasteiger charge is 2.30. The van der Waals surface area contributed by atoms with E-state index in [-0.39, 0.29) is 42.9 Å². The van der Waals surface area contributed by atoms with Crippen LogP contribution in [-0.2, 0) is 25.7 Å². The zero-order valence-electron chi connectivity index (χ0n) is 21.2. The van der Waals surface area contributed by atoms with Crippen molar-refractivity contribution >= 4 is 24.3 Å². The fourth-order valence-corrected chi connectivity index (χ4v) is 4.21. The minimum Gasteiger partial charge on any atom is -0.349 e. The lowest BCUT2D eigenvalue weighted by atomic mass is 10.0. The fraction of sp³-hybridized carbons (Fsp3) is 0.286. The molecule has 2 aromatic carbocycles. The van der Waals surface area contributed by atoms with Gasteiger partial charge in [0.25, 0.3) is 11.5 Å². The van der Waals surface area contributed by atoms with Crippen molar-refractivity contribution in [2.45, 2.75) is 45.6 Å². The van der Waals surface area contributed by atoms with Gasteiger partial charge in [0.1, 0.15) is 0 Å². The molecule has 39 heavy (non-hydrogen) atoms. The van der Waals surface area contributed by atoms with Crippen LogP contribution in [0.5, 0.6) is 0 Å². The van der Waals surface area contributed by atoms with Crippen LogP contribution in [0.4, 0.5) is 19.1 Å². The number of carbonyl (C=O) groups is 1. The molecule has 0 unspecified atom stereocenters. The molecule has 7 nitrogen and oxygen atoms in total. The smallest absolute Gasteiger partial charge is 0.349 e. The number of anilines is 1. The Balaban J connectivity index is 0.00000420. The number of benzene rings is 2. The van der Waals surface area contributed by atoms with Crippen molar-refractivity contribution in [2.75, 3.05) is 11.9 Å². The molecule has 0 aliphatic carbocycles. The average molecular weight is 556 g/mol. The highest BCUT2D eigenvalue weighted by molar-refractivity contribution is 5.94. The Bertz CT molecular complexity index is 1520. The van der Waals surface area contributed by atoms with Crippen LogP contribution in [-0.4, -0.2) is 26.9 Å². The predicted octanol–water partition coefficient (Wildman–Crippen LogP) is 4.95. The Morgan fingerprint density at radius 2 is 1.82 bits per heavy atom. The second-order valence-corrected chi connectivity index (χ2v) is 8.83. The van der Waals surface area contributed by atoms with Crippen LogP contribution < -0.4 is 10.9 Å². The quantitative estimate of drug-likeness (QED) is 0.450. The van der Waals surface area contributed by atoms with Gasteiger partial charge in [0.2, 0.25) is 5.95 Å². The van der Waals surface area contributed by atoms with Crippen LogP contribution in [0.1, 0.15) is 58.2 Å². The third-order valence-corrected chi connectivity index (χ3v) is 6.36. The molecule has 0 radical (unpaired) electrons. The van der Waals surface area contributed by atoms with Crippen LogP contribution in [0.2, 0.25) is 0 Å². The van der Waals surface area contributed by atoms with Gasteiger partial charge in [0, 0.05) is 18.5 Å². The lowest BCUT2D eigenvalue weighted by molar-refractivity contribution is -0.137. The van der Waals surface area contributed by atoms with Gasteiger partial charge >= 0.3 is 6.18 Å². The highest BCUT2D eigenvalue weighted by atomic mass is 35.5. The second-order valence-electron chi connectivity index (χ2n) is 8.83. The third-order valence-electron chi connectivity index (χ3n) is 6.36. The predicted molar refractivity (Wildman–Crippen MR) is 142 cm³/mol. The molecule has 0 fully saturated rings. The van der Waals surface area contributed by atoms with E-state index in [0.29, 0.717) is 40.9 Å². The van der Waals surface area contributed by atoms with Crippen LogP contribution in [0.25, 0.3) is 0 Å². The maximum Gasteiger partial charge on any atom is 0.416 e. The molecule has 202 valence electrons. The monoisotopic (exact) mass is 555 g/mol. The van der Waals surface area contributed by atoms with Gasteiger partial charge in [-0.2, -0.15) is 18.4 Å². The van der Waals surface area contributed by atoms with E-state index in [1.807, 2.05) is 6.07 Å². The SMILES string of the molecule is CC#CCn1c(N[C@@H](C)c2ccc(C(F)(F)F)cc2)nc2c(c1=O)CN(C(=O)c1ccc(C#N)cc1)CC2.Cl. The van der Waals surface area contributed by atoms with Gasteiger partial charge in [-0.05, 0) is 55.8 Å². The van der Waals surface area contributed by atoms with Crippen LogP contribution >= 0.6 is 12.4 Å². The maximum atomic E-state index is 13.5. The summed E-state index contributed by atoms with van der Waals surface area (Å²) in [5.74, 6) is 5.62. The molecule has 1 N–H and O–H groups in total. The summed E-state index contributed by atoms with van der Waals surface area (Å²) in [5.41, 5.74) is 1.33. The molecule has 3 aromatic rings. The van der Waals surface area contributed by atoms with Crippen molar-refractivity contribution in [3.05, 3.63) is 92.4 Å². The normalized spacial score (nSPS) is 13.2. The van der Waals surface area contributed by atoms with E-state index in [9.17, 15) is 22.8 Å². The summed E-state index contributed by atoms with van der Waals surface area (Å²) >= 11 is 0. The molecule has 0 saturated carbocycles. The summed E-state index contributed by atoms with van der Waals surface area (Å²) in [7, 11) is 0. The Morgan fingerprint density at radius 3 is 2.41 bits per heavy atom. The van der Waals surface area contributed by atoms with Crippen molar-refractivity contribution in [3.63, 3.8) is 0 Å². The standard InChI is InChI=1S/C28H24F3N5O2.ClH/c1-3-4-14-36-26(38)23-17-35(25(37)21-7-5-19(16-32)6-8-21)15-13-24(23)34-27(36)33-18(2)20-9-11-22(12-10-20)28(29,30)31;/h5-12,18H,13-15,17H2,1-2H3,(H,33,34);1H/t18-;/m0./s1. The summed E-state index contributed by atoms with van der Waals surface area (Å²) in [6.45, 7) is 3.90. The number of rotatable bonds is 5. The molecule has 1 amide bonds. The topological polar surface area (TPSA) is 91.0 Å². The molecule has 2 heterocycles. The highest BCUT2D eigenvalue weighted by Crippen LogP contribution is 2.30. The number of nitrogens with zero attached hydrogens (tertiary/aromatic N) is 4. The first kappa shape index (κ1) is 29.3. The summed E-state index contributed by atoms with van der Waals surface area (Å²) < 4.78 is 40.2. The Hall–Kier alpha value is -4.28. The molecule has 1 aromatic heterocycles. The summed E-state index contributed by atoms with van der Waals surface area (Å²) in [6, 6.07) is 12.7. The summed E-state index contributed by atoms with van der Waals surface area (Å²) in [6.07, 6.45) is -4.07. The van der Waals surface area contributed by atoms with E-state index in [0.717, 1.165) is 12.1 Å². The lowest BCUT2D eigenvalue weighted by Gasteiger charge is -2.29. The average Bonchev–Trinajstić information content (AvgIpc) is 2.92. The third kappa shape index (κ3) is 6.42. The summed E-state index contributed by atoms with van der Waals surface area (Å²) in [5, 5.41) is 12.1. The number of carbonyl (C=O) groups excluding carboxylic acids is 1. The van der Waals surface area contributed by atoms with E-state index in [2.05, 4.69) is 22.1 Å². The first-order chi connectivity index (χ1) is 18.1. The van der Waals surface area contributed by atoms with Gasteiger partial charge in [-0.15, -0.1) is 18.3 Å². The number of hydrogen-bond donors (Lipinski definition) is 1. The van der Waals surface area contributed by atoms with E-state index in [1.165, 1.54) is 16.7 Å². The number of aromatic nitrogens is 2. The van der Waals surface area contributed by atoms with Crippen molar-refractivity contribution in [1.29, 1.82) is 5.26 Å². The zero-order valence-corrected chi connectivity index (χ0v) is 22.0. The van der Waals surface area contributed by atoms with Crippen LogP contribution in [0.15, 0.2) is 53.3 Å². The molecule has 0 saturated heterocycles. The van der Waals surface area contributed by atoms with E-state index < -0.39 is 17.8 Å². The van der Waals surface area contributed by atoms with Crippen molar-refractivity contribution in [1.82, 2.24) is 14.5 Å². The van der Waals surface area contributed by atoms with Crippen LogP contribution in [0, 0.1) is 23.2 Å². The van der Waals surface area contributed by atoms with Crippen molar-refractivity contribution in [2.24, 2.45) is 0 Å². The fourth-order valence-electron chi connectivity index (χ4n) is 4.21. The Kier molecular flexibility index (Phi) is 9.05. The molecule has 1 aliphatic heterocycles. The molecule has 11 heteroatoms. The summed E-state index contributed by atoms with van der Waals surface area (Å²) in [4.78, 5) is 32.8. The van der Waals surface area contributed by atoms with Gasteiger partial charge in [-0.25, -0.2) is 4.98 Å². The van der Waals surface area contributed by atoms with Gasteiger partial charge in [-0.1, -0.05) is 18.1 Å². The van der Waals surface area contributed by atoms with E-state index in [1.54, 1.807) is 43.0 Å². The minimum atomic E-state index is -4.43. The number of amides is 1.